The molecule has 2 rings (SSSR count). The van der Waals surface area contributed by atoms with Gasteiger partial charge in [-0.3, -0.25) is 4.98 Å². The zero-order valence-corrected chi connectivity index (χ0v) is 14.1. The monoisotopic (exact) mass is 401 g/mol. The maximum Gasteiger partial charge on any atom is 0.142 e. The van der Waals surface area contributed by atoms with Crippen LogP contribution in [0.25, 0.3) is 0 Å². The highest BCUT2D eigenvalue weighted by molar-refractivity contribution is 9.11. The first kappa shape index (κ1) is 15.3. The molecular formula is C14H13Br2NO3. The van der Waals surface area contributed by atoms with Gasteiger partial charge in [-0.25, -0.2) is 0 Å². The van der Waals surface area contributed by atoms with E-state index in [1.807, 2.05) is 6.07 Å². The third-order valence-corrected chi connectivity index (χ3v) is 4.04. The number of aliphatic hydroxyl groups excluding tert-OH is 1. The van der Waals surface area contributed by atoms with Gasteiger partial charge < -0.3 is 14.6 Å². The molecule has 2 aromatic rings. The van der Waals surface area contributed by atoms with Gasteiger partial charge in [0.1, 0.15) is 22.1 Å². The number of halogens is 2. The highest BCUT2D eigenvalue weighted by Crippen LogP contribution is 2.41. The first-order valence-electron chi connectivity index (χ1n) is 5.77. The van der Waals surface area contributed by atoms with Crippen molar-refractivity contribution in [2.45, 2.75) is 6.10 Å². The van der Waals surface area contributed by atoms with Crippen LogP contribution in [-0.4, -0.2) is 24.3 Å². The SMILES string of the molecule is COc1ccc(C(O)c2cncc(Br)c2)c(OC)c1Br. The molecule has 1 aromatic heterocycles. The molecule has 20 heavy (non-hydrogen) atoms. The topological polar surface area (TPSA) is 51.6 Å². The summed E-state index contributed by atoms with van der Waals surface area (Å²) >= 11 is 6.76. The van der Waals surface area contributed by atoms with Crippen molar-refractivity contribution >= 4 is 31.9 Å². The standard InChI is InChI=1S/C14H13Br2NO3/c1-19-11-4-3-10(14(20-2)12(11)16)13(18)8-5-9(15)7-17-6-8/h3-7,13,18H,1-2H3. The first-order valence-corrected chi connectivity index (χ1v) is 7.36. The molecule has 0 spiro atoms. The summed E-state index contributed by atoms with van der Waals surface area (Å²) in [5, 5.41) is 10.5. The highest BCUT2D eigenvalue weighted by atomic mass is 79.9. The number of methoxy groups -OCH3 is 2. The summed E-state index contributed by atoms with van der Waals surface area (Å²) in [5.74, 6) is 1.18. The van der Waals surface area contributed by atoms with E-state index >= 15 is 0 Å². The Morgan fingerprint density at radius 3 is 2.50 bits per heavy atom. The summed E-state index contributed by atoms with van der Waals surface area (Å²) in [4.78, 5) is 4.06. The Bertz CT molecular complexity index is 619. The summed E-state index contributed by atoms with van der Waals surface area (Å²) in [7, 11) is 3.13. The molecule has 0 aliphatic rings. The summed E-state index contributed by atoms with van der Waals surface area (Å²) in [6, 6.07) is 5.36. The van der Waals surface area contributed by atoms with Crippen LogP contribution in [0.2, 0.25) is 0 Å². The summed E-state index contributed by atoms with van der Waals surface area (Å²) in [6.07, 6.45) is 2.45. The van der Waals surface area contributed by atoms with Crippen molar-refractivity contribution in [3.05, 3.63) is 50.7 Å². The zero-order chi connectivity index (χ0) is 14.7. The Labute approximate surface area is 134 Å². The van der Waals surface area contributed by atoms with Crippen LogP contribution in [0.3, 0.4) is 0 Å². The largest absolute Gasteiger partial charge is 0.495 e. The minimum Gasteiger partial charge on any atom is -0.495 e. The van der Waals surface area contributed by atoms with E-state index < -0.39 is 6.10 Å². The van der Waals surface area contributed by atoms with Crippen molar-refractivity contribution in [3.63, 3.8) is 0 Å². The maximum absolute atomic E-state index is 10.5. The Balaban J connectivity index is 2.49. The number of nitrogens with zero attached hydrogens (tertiary/aromatic N) is 1. The number of rotatable bonds is 4. The lowest BCUT2D eigenvalue weighted by Gasteiger charge is -2.17. The second-order valence-electron chi connectivity index (χ2n) is 4.04. The maximum atomic E-state index is 10.5. The van der Waals surface area contributed by atoms with Gasteiger partial charge in [-0.2, -0.15) is 0 Å². The Morgan fingerprint density at radius 2 is 1.90 bits per heavy atom. The van der Waals surface area contributed by atoms with Crippen LogP contribution in [0.1, 0.15) is 17.2 Å². The number of hydrogen-bond donors (Lipinski definition) is 1. The van der Waals surface area contributed by atoms with E-state index in [1.165, 1.54) is 0 Å². The molecule has 1 aromatic carbocycles. The van der Waals surface area contributed by atoms with Gasteiger partial charge in [0.2, 0.25) is 0 Å². The third kappa shape index (κ3) is 2.97. The second-order valence-corrected chi connectivity index (χ2v) is 5.75. The van der Waals surface area contributed by atoms with Crippen molar-refractivity contribution in [1.82, 2.24) is 4.98 Å². The van der Waals surface area contributed by atoms with Crippen LogP contribution in [0.4, 0.5) is 0 Å². The van der Waals surface area contributed by atoms with Crippen molar-refractivity contribution in [3.8, 4) is 11.5 Å². The van der Waals surface area contributed by atoms with Crippen LogP contribution in [-0.2, 0) is 0 Å². The normalized spacial score (nSPS) is 12.1. The number of aromatic nitrogens is 1. The van der Waals surface area contributed by atoms with Crippen molar-refractivity contribution in [2.75, 3.05) is 14.2 Å². The summed E-state index contributed by atoms with van der Waals surface area (Å²) < 4.78 is 12.1. The molecule has 4 nitrogen and oxygen atoms in total. The molecule has 6 heteroatoms. The van der Waals surface area contributed by atoms with Gasteiger partial charge >= 0.3 is 0 Å². The van der Waals surface area contributed by atoms with Gasteiger partial charge in [-0.05, 0) is 50.1 Å². The highest BCUT2D eigenvalue weighted by Gasteiger charge is 2.20. The molecule has 1 atom stereocenters. The van der Waals surface area contributed by atoms with Crippen LogP contribution in [0.5, 0.6) is 11.5 Å². The Morgan fingerprint density at radius 1 is 1.15 bits per heavy atom. The van der Waals surface area contributed by atoms with Crippen LogP contribution in [0, 0.1) is 0 Å². The van der Waals surface area contributed by atoms with Crippen molar-refractivity contribution in [1.29, 1.82) is 0 Å². The van der Waals surface area contributed by atoms with Crippen molar-refractivity contribution < 1.29 is 14.6 Å². The first-order chi connectivity index (χ1) is 9.58. The molecule has 0 saturated heterocycles. The second kappa shape index (κ2) is 6.56. The van der Waals surface area contributed by atoms with Gasteiger partial charge in [-0.15, -0.1) is 0 Å². The fourth-order valence-electron chi connectivity index (χ4n) is 1.89. The minimum atomic E-state index is -0.836. The van der Waals surface area contributed by atoms with Gasteiger partial charge in [0.05, 0.1) is 14.2 Å². The van der Waals surface area contributed by atoms with Gasteiger partial charge in [0.15, 0.2) is 0 Å². The fourth-order valence-corrected chi connectivity index (χ4v) is 2.96. The molecule has 0 saturated carbocycles. The average Bonchev–Trinajstić information content (AvgIpc) is 2.46. The zero-order valence-electron chi connectivity index (χ0n) is 10.9. The quantitative estimate of drug-likeness (QED) is 0.846. The predicted octanol–water partition coefficient (Wildman–Crippen LogP) is 3.71. The van der Waals surface area contributed by atoms with E-state index in [0.717, 1.165) is 4.47 Å². The molecule has 1 unspecified atom stereocenters. The number of hydrogen-bond acceptors (Lipinski definition) is 4. The van der Waals surface area contributed by atoms with Crippen LogP contribution in [0.15, 0.2) is 39.5 Å². The number of aliphatic hydroxyl groups is 1. The molecule has 0 fully saturated rings. The van der Waals surface area contributed by atoms with Crippen molar-refractivity contribution in [2.24, 2.45) is 0 Å². The van der Waals surface area contributed by atoms with E-state index in [-0.39, 0.29) is 0 Å². The van der Waals surface area contributed by atoms with Gasteiger partial charge in [-0.1, -0.05) is 0 Å². The number of benzene rings is 1. The minimum absolute atomic E-state index is 0.539. The lowest BCUT2D eigenvalue weighted by atomic mass is 10.0. The third-order valence-electron chi connectivity index (χ3n) is 2.85. The molecule has 0 amide bonds. The van der Waals surface area contributed by atoms with Gasteiger partial charge in [0.25, 0.3) is 0 Å². The molecule has 1 N–H and O–H groups in total. The lowest BCUT2D eigenvalue weighted by Crippen LogP contribution is -2.04. The van der Waals surface area contributed by atoms with Crippen LogP contribution >= 0.6 is 31.9 Å². The van der Waals surface area contributed by atoms with E-state index in [2.05, 4.69) is 36.8 Å². The number of ether oxygens (including phenoxy) is 2. The smallest absolute Gasteiger partial charge is 0.142 e. The summed E-state index contributed by atoms with van der Waals surface area (Å²) in [6.45, 7) is 0. The summed E-state index contributed by atoms with van der Waals surface area (Å²) in [5.41, 5.74) is 1.31. The molecule has 1 heterocycles. The Hall–Kier alpha value is -1.11. The fraction of sp³-hybridized carbons (Fsp3) is 0.214. The Kier molecular flexibility index (Phi) is 5.01. The molecule has 0 aliphatic heterocycles. The van der Waals surface area contributed by atoms with E-state index in [0.29, 0.717) is 27.1 Å². The van der Waals surface area contributed by atoms with E-state index in [9.17, 15) is 5.11 Å². The van der Waals surface area contributed by atoms with E-state index in [1.54, 1.807) is 38.7 Å². The van der Waals surface area contributed by atoms with E-state index in [4.69, 9.17) is 9.47 Å². The molecular weight excluding hydrogens is 390 g/mol. The average molecular weight is 403 g/mol. The lowest BCUT2D eigenvalue weighted by molar-refractivity contribution is 0.213. The molecule has 106 valence electrons. The molecule has 0 aliphatic carbocycles. The molecule has 0 radical (unpaired) electrons. The van der Waals surface area contributed by atoms with Gasteiger partial charge in [0, 0.05) is 28.0 Å². The number of pyridine rings is 1. The predicted molar refractivity (Wildman–Crippen MR) is 83.2 cm³/mol. The van der Waals surface area contributed by atoms with Crippen LogP contribution < -0.4 is 9.47 Å². The molecule has 0 bridgehead atoms.